The van der Waals surface area contributed by atoms with Gasteiger partial charge in [0.2, 0.25) is 5.91 Å². The van der Waals surface area contributed by atoms with Crippen LogP contribution in [0.3, 0.4) is 0 Å². The molecule has 0 atom stereocenters. The van der Waals surface area contributed by atoms with Crippen LogP contribution in [0.2, 0.25) is 10.0 Å². The Bertz CT molecular complexity index is 1170. The number of hydrazone groups is 1. The van der Waals surface area contributed by atoms with Gasteiger partial charge in [0, 0.05) is 15.6 Å². The number of ether oxygens (including phenoxy) is 3. The molecule has 3 rings (SSSR count). The van der Waals surface area contributed by atoms with Crippen molar-refractivity contribution in [3.8, 4) is 17.2 Å². The van der Waals surface area contributed by atoms with Gasteiger partial charge in [-0.25, -0.2) is 5.43 Å². The minimum Gasteiger partial charge on any atom is -0.494 e. The van der Waals surface area contributed by atoms with Gasteiger partial charge in [0.15, 0.2) is 11.5 Å². The second-order valence-corrected chi connectivity index (χ2v) is 8.80. The number of nitrogens with one attached hydrogen (secondary N) is 1. The number of halogens is 3. The topological polar surface area (TPSA) is 69.2 Å². The molecule has 0 heterocycles. The van der Waals surface area contributed by atoms with E-state index in [1.165, 1.54) is 6.21 Å². The van der Waals surface area contributed by atoms with Crippen LogP contribution in [-0.4, -0.2) is 25.8 Å². The molecule has 0 radical (unpaired) electrons. The van der Waals surface area contributed by atoms with Gasteiger partial charge in [-0.1, -0.05) is 41.4 Å². The Morgan fingerprint density at radius 1 is 1.09 bits per heavy atom. The maximum absolute atomic E-state index is 12.2. The van der Waals surface area contributed by atoms with Crippen LogP contribution in [0.1, 0.15) is 23.6 Å². The summed E-state index contributed by atoms with van der Waals surface area (Å²) in [5, 5.41) is 5.13. The van der Waals surface area contributed by atoms with E-state index in [0.717, 1.165) is 16.9 Å². The number of amides is 1. The van der Waals surface area contributed by atoms with Crippen LogP contribution < -0.4 is 19.6 Å². The largest absolute Gasteiger partial charge is 0.494 e. The summed E-state index contributed by atoms with van der Waals surface area (Å²) in [6.45, 7) is 2.75. The first kappa shape index (κ1) is 25.9. The molecule has 34 heavy (non-hydrogen) atoms. The lowest BCUT2D eigenvalue weighted by Crippen LogP contribution is -2.19. The van der Waals surface area contributed by atoms with Gasteiger partial charge in [-0.2, -0.15) is 5.10 Å². The third-order valence-corrected chi connectivity index (χ3v) is 5.82. The number of methoxy groups -OCH3 is 1. The number of hydrogen-bond donors (Lipinski definition) is 1. The Labute approximate surface area is 216 Å². The lowest BCUT2D eigenvalue weighted by Gasteiger charge is -2.14. The van der Waals surface area contributed by atoms with E-state index in [0.29, 0.717) is 38.2 Å². The van der Waals surface area contributed by atoms with Gasteiger partial charge in [-0.05, 0) is 70.4 Å². The van der Waals surface area contributed by atoms with E-state index in [1.807, 2.05) is 43.3 Å². The van der Waals surface area contributed by atoms with Gasteiger partial charge in [-0.3, -0.25) is 4.79 Å². The monoisotopic (exact) mass is 564 g/mol. The fraction of sp³-hybridized carbons (Fsp3) is 0.200. The van der Waals surface area contributed by atoms with Crippen molar-refractivity contribution in [2.45, 2.75) is 20.0 Å². The molecule has 1 N–H and O–H groups in total. The lowest BCUT2D eigenvalue weighted by molar-refractivity contribution is -0.120. The number of benzene rings is 3. The molecule has 0 saturated heterocycles. The highest BCUT2D eigenvalue weighted by atomic mass is 79.9. The number of nitrogens with zero attached hydrogens (tertiary/aromatic N) is 1. The SMILES string of the molecule is CCOc1ccc(CC(=O)N/N=C/c2cc(Br)c(OCc3ccc(Cl)cc3Cl)c(OC)c2)cc1. The van der Waals surface area contributed by atoms with E-state index in [4.69, 9.17) is 37.4 Å². The predicted molar refractivity (Wildman–Crippen MR) is 139 cm³/mol. The molecule has 0 fully saturated rings. The molecule has 0 aliphatic carbocycles. The maximum atomic E-state index is 12.2. The Balaban J connectivity index is 1.61. The molecule has 0 saturated carbocycles. The summed E-state index contributed by atoms with van der Waals surface area (Å²) < 4.78 is 17.5. The first-order valence-electron chi connectivity index (χ1n) is 10.4. The number of carbonyl (C=O) groups is 1. The highest BCUT2D eigenvalue weighted by molar-refractivity contribution is 9.10. The molecule has 0 bridgehead atoms. The Morgan fingerprint density at radius 3 is 2.53 bits per heavy atom. The van der Waals surface area contributed by atoms with Gasteiger partial charge in [0.25, 0.3) is 0 Å². The van der Waals surface area contributed by atoms with Crippen LogP contribution in [0.4, 0.5) is 0 Å². The molecular weight excluding hydrogens is 543 g/mol. The molecule has 3 aromatic rings. The van der Waals surface area contributed by atoms with E-state index < -0.39 is 0 Å². The van der Waals surface area contributed by atoms with Gasteiger partial charge in [-0.15, -0.1) is 0 Å². The molecule has 0 unspecified atom stereocenters. The first-order valence-corrected chi connectivity index (χ1v) is 11.9. The molecule has 178 valence electrons. The van der Waals surface area contributed by atoms with Crippen LogP contribution in [-0.2, 0) is 17.8 Å². The molecule has 1 amide bonds. The zero-order valence-electron chi connectivity index (χ0n) is 18.6. The van der Waals surface area contributed by atoms with Crippen molar-refractivity contribution in [3.05, 3.63) is 85.8 Å². The molecule has 9 heteroatoms. The fourth-order valence-corrected chi connectivity index (χ4v) is 4.05. The van der Waals surface area contributed by atoms with Crippen molar-refractivity contribution in [2.75, 3.05) is 13.7 Å². The summed E-state index contributed by atoms with van der Waals surface area (Å²) in [5.41, 5.74) is 4.90. The Morgan fingerprint density at radius 2 is 1.85 bits per heavy atom. The van der Waals surface area contributed by atoms with Crippen molar-refractivity contribution in [1.29, 1.82) is 0 Å². The zero-order valence-corrected chi connectivity index (χ0v) is 21.7. The highest BCUT2D eigenvalue weighted by Gasteiger charge is 2.13. The normalized spacial score (nSPS) is 10.9. The van der Waals surface area contributed by atoms with Crippen molar-refractivity contribution in [1.82, 2.24) is 5.43 Å². The van der Waals surface area contributed by atoms with Crippen molar-refractivity contribution < 1.29 is 19.0 Å². The van der Waals surface area contributed by atoms with Gasteiger partial charge in [0.05, 0.1) is 30.8 Å². The van der Waals surface area contributed by atoms with Crippen LogP contribution in [0.5, 0.6) is 17.2 Å². The van der Waals surface area contributed by atoms with Gasteiger partial charge < -0.3 is 14.2 Å². The lowest BCUT2D eigenvalue weighted by atomic mass is 10.1. The van der Waals surface area contributed by atoms with Crippen LogP contribution in [0.25, 0.3) is 0 Å². The molecule has 3 aromatic carbocycles. The summed E-state index contributed by atoms with van der Waals surface area (Å²) in [6, 6.07) is 16.2. The molecule has 0 aliphatic heterocycles. The van der Waals surface area contributed by atoms with E-state index in [-0.39, 0.29) is 18.9 Å². The van der Waals surface area contributed by atoms with E-state index in [1.54, 1.807) is 25.3 Å². The van der Waals surface area contributed by atoms with E-state index in [9.17, 15) is 4.79 Å². The fourth-order valence-electron chi connectivity index (χ4n) is 3.02. The molecule has 0 aliphatic rings. The Hall–Kier alpha value is -2.74. The van der Waals surface area contributed by atoms with Crippen molar-refractivity contribution in [2.24, 2.45) is 5.10 Å². The summed E-state index contributed by atoms with van der Waals surface area (Å²) in [5.74, 6) is 1.56. The first-order chi connectivity index (χ1) is 16.4. The average molecular weight is 566 g/mol. The summed E-state index contributed by atoms with van der Waals surface area (Å²) >= 11 is 15.7. The minimum atomic E-state index is -0.230. The number of carbonyl (C=O) groups excluding carboxylic acids is 1. The standard InChI is InChI=1S/C25H23BrCl2N2O4/c1-3-33-20-8-4-16(5-9-20)12-24(31)30-29-14-17-10-21(26)25(23(11-17)32-2)34-15-18-6-7-19(27)13-22(18)28/h4-11,13-14H,3,12,15H2,1-2H3,(H,30,31)/b29-14+. The zero-order chi connectivity index (χ0) is 24.5. The van der Waals surface area contributed by atoms with E-state index >= 15 is 0 Å². The average Bonchev–Trinajstić information content (AvgIpc) is 2.80. The summed E-state index contributed by atoms with van der Waals surface area (Å²) in [7, 11) is 1.55. The molecule has 0 aromatic heterocycles. The third kappa shape index (κ3) is 7.38. The quantitative estimate of drug-likeness (QED) is 0.227. The molecule has 6 nitrogen and oxygen atoms in total. The van der Waals surface area contributed by atoms with Crippen molar-refractivity contribution in [3.63, 3.8) is 0 Å². The maximum Gasteiger partial charge on any atom is 0.244 e. The van der Waals surface area contributed by atoms with Crippen LogP contribution >= 0.6 is 39.1 Å². The van der Waals surface area contributed by atoms with Gasteiger partial charge in [0.1, 0.15) is 12.4 Å². The minimum absolute atomic E-state index is 0.205. The predicted octanol–water partition coefficient (Wildman–Crippen LogP) is 6.44. The number of rotatable bonds is 10. The van der Waals surface area contributed by atoms with Crippen LogP contribution in [0, 0.1) is 0 Å². The summed E-state index contributed by atoms with van der Waals surface area (Å²) in [4.78, 5) is 12.2. The smallest absolute Gasteiger partial charge is 0.244 e. The van der Waals surface area contributed by atoms with Crippen LogP contribution in [0.15, 0.2) is 64.2 Å². The Kier molecular flexibility index (Phi) is 9.62. The summed E-state index contributed by atoms with van der Waals surface area (Å²) in [6.07, 6.45) is 1.74. The number of hydrogen-bond acceptors (Lipinski definition) is 5. The second kappa shape index (κ2) is 12.6. The van der Waals surface area contributed by atoms with Gasteiger partial charge >= 0.3 is 0 Å². The second-order valence-electron chi connectivity index (χ2n) is 7.11. The third-order valence-electron chi connectivity index (χ3n) is 4.64. The van der Waals surface area contributed by atoms with Crippen molar-refractivity contribution >= 4 is 51.3 Å². The van der Waals surface area contributed by atoms with E-state index in [2.05, 4.69) is 26.5 Å². The molecule has 0 spiro atoms. The molecular formula is C25H23BrCl2N2O4. The highest BCUT2D eigenvalue weighted by Crippen LogP contribution is 2.37.